The van der Waals surface area contributed by atoms with Crippen molar-refractivity contribution in [1.29, 1.82) is 0 Å². The van der Waals surface area contributed by atoms with Crippen LogP contribution < -0.4 is 9.88 Å². The van der Waals surface area contributed by atoms with Crippen molar-refractivity contribution in [1.82, 2.24) is 9.78 Å². The fraction of sp³-hybridized carbons (Fsp3) is 0.273. The second-order valence-corrected chi connectivity index (χ2v) is 8.85. The molecule has 0 aliphatic carbocycles. The molecule has 0 atom stereocenters. The molecular weight excluding hydrogens is 475 g/mol. The van der Waals surface area contributed by atoms with Crippen molar-refractivity contribution in [3.8, 4) is 28.1 Å². The number of hydrogen-bond acceptors (Lipinski definition) is 6. The smallest absolute Gasteiger partial charge is 0.433 e. The lowest BCUT2D eigenvalue weighted by Crippen LogP contribution is -2.21. The number of ether oxygens (including phenoxy) is 2. The van der Waals surface area contributed by atoms with Crippen LogP contribution in [0.25, 0.3) is 22.4 Å². The number of halogens is 3. The van der Waals surface area contributed by atoms with Crippen LogP contribution in [0.2, 0.25) is 0 Å². The lowest BCUT2D eigenvalue weighted by molar-refractivity contribution is -0.149. The first kappa shape index (κ1) is 25.2. The van der Waals surface area contributed by atoms with Crippen LogP contribution in [0.5, 0.6) is 5.75 Å². The zero-order valence-electron chi connectivity index (χ0n) is 18.5. The summed E-state index contributed by atoms with van der Waals surface area (Å²) in [5, 5.41) is 9.21. The van der Waals surface area contributed by atoms with E-state index in [9.17, 15) is 26.4 Å². The highest BCUT2D eigenvalue weighted by atomic mass is 32.2. The van der Waals surface area contributed by atoms with Crippen LogP contribution in [0.3, 0.4) is 0 Å². The zero-order valence-corrected chi connectivity index (χ0v) is 19.3. The molecule has 2 N–H and O–H groups in total. The van der Waals surface area contributed by atoms with E-state index in [0.717, 1.165) is 0 Å². The molecule has 0 aliphatic rings. The number of nitrogens with two attached hydrogens (primary N) is 1. The molecule has 0 radical (unpaired) electrons. The molecule has 3 aromatic rings. The third kappa shape index (κ3) is 5.23. The van der Waals surface area contributed by atoms with Crippen molar-refractivity contribution in [2.45, 2.75) is 31.5 Å². The largest absolute Gasteiger partial charge is 0.496 e. The molecule has 34 heavy (non-hydrogen) atoms. The summed E-state index contributed by atoms with van der Waals surface area (Å²) in [7, 11) is -2.56. The van der Waals surface area contributed by atoms with Gasteiger partial charge in [0.25, 0.3) is 0 Å². The molecule has 0 bridgehead atoms. The van der Waals surface area contributed by atoms with Crippen molar-refractivity contribution in [2.24, 2.45) is 5.14 Å². The molecule has 0 saturated heterocycles. The van der Waals surface area contributed by atoms with Crippen molar-refractivity contribution in [3.63, 3.8) is 0 Å². The van der Waals surface area contributed by atoms with E-state index in [1.54, 1.807) is 6.92 Å². The number of rotatable bonds is 7. The second-order valence-electron chi connectivity index (χ2n) is 7.29. The van der Waals surface area contributed by atoms with E-state index in [1.165, 1.54) is 56.5 Å². The number of sulfonamides is 1. The highest BCUT2D eigenvalue weighted by molar-refractivity contribution is 7.89. The summed E-state index contributed by atoms with van der Waals surface area (Å²) in [4.78, 5) is 11.8. The number of carbonyl (C=O) groups excluding carboxylic acids is 1. The van der Waals surface area contributed by atoms with Crippen LogP contribution in [0.1, 0.15) is 18.2 Å². The van der Waals surface area contributed by atoms with Gasteiger partial charge < -0.3 is 9.47 Å². The fourth-order valence-corrected chi connectivity index (χ4v) is 4.02. The van der Waals surface area contributed by atoms with Gasteiger partial charge in [-0.25, -0.2) is 18.2 Å². The van der Waals surface area contributed by atoms with Gasteiger partial charge >= 0.3 is 12.1 Å². The van der Waals surface area contributed by atoms with Crippen LogP contribution in [0.15, 0.2) is 47.4 Å². The molecule has 1 heterocycles. The van der Waals surface area contributed by atoms with E-state index >= 15 is 0 Å². The third-order valence-electron chi connectivity index (χ3n) is 4.94. The number of primary sulfonamides is 1. The molecule has 0 amide bonds. The van der Waals surface area contributed by atoms with E-state index in [0.29, 0.717) is 16.0 Å². The lowest BCUT2D eigenvalue weighted by Gasteiger charge is -2.14. The Balaban J connectivity index is 2.32. The van der Waals surface area contributed by atoms with Gasteiger partial charge in [0, 0.05) is 11.1 Å². The van der Waals surface area contributed by atoms with E-state index in [1.807, 2.05) is 0 Å². The maximum Gasteiger partial charge on any atom is 0.433 e. The number of aromatic nitrogens is 2. The highest BCUT2D eigenvalue weighted by Gasteiger charge is 2.41. The third-order valence-corrected chi connectivity index (χ3v) is 5.87. The molecule has 0 aliphatic heterocycles. The molecule has 12 heteroatoms. The normalized spacial score (nSPS) is 12.0. The Morgan fingerprint density at radius 2 is 1.74 bits per heavy atom. The minimum absolute atomic E-state index is 0.00608. The highest BCUT2D eigenvalue weighted by Crippen LogP contribution is 2.43. The van der Waals surface area contributed by atoms with Crippen LogP contribution in [-0.2, 0) is 32.3 Å². The van der Waals surface area contributed by atoms with Gasteiger partial charge in [0.1, 0.15) is 18.0 Å². The Hall–Kier alpha value is -3.38. The quantitative estimate of drug-likeness (QED) is 0.497. The molecule has 1 aromatic heterocycles. The van der Waals surface area contributed by atoms with E-state index < -0.39 is 34.4 Å². The molecule has 3 rings (SSSR count). The minimum atomic E-state index is -4.87. The van der Waals surface area contributed by atoms with Crippen LogP contribution in [-0.4, -0.2) is 37.9 Å². The molecule has 2 aromatic carbocycles. The van der Waals surface area contributed by atoms with E-state index in [4.69, 9.17) is 14.6 Å². The average molecular weight is 497 g/mol. The number of methoxy groups -OCH3 is 1. The van der Waals surface area contributed by atoms with Gasteiger partial charge in [0.2, 0.25) is 10.0 Å². The lowest BCUT2D eigenvalue weighted by atomic mass is 9.97. The Labute approximate surface area is 194 Å². The van der Waals surface area contributed by atoms with Crippen LogP contribution in [0.4, 0.5) is 13.2 Å². The predicted molar refractivity (Wildman–Crippen MR) is 117 cm³/mol. The monoisotopic (exact) mass is 497 g/mol. The fourth-order valence-electron chi connectivity index (χ4n) is 3.51. The van der Waals surface area contributed by atoms with Crippen molar-refractivity contribution in [2.75, 3.05) is 13.7 Å². The molecule has 8 nitrogen and oxygen atoms in total. The van der Waals surface area contributed by atoms with E-state index in [2.05, 4.69) is 5.10 Å². The first-order valence-electron chi connectivity index (χ1n) is 9.98. The van der Waals surface area contributed by atoms with Gasteiger partial charge in [-0.1, -0.05) is 18.2 Å². The van der Waals surface area contributed by atoms with Gasteiger partial charge in [-0.05, 0) is 49.2 Å². The van der Waals surface area contributed by atoms with Gasteiger partial charge in [0.05, 0.1) is 18.6 Å². The second kappa shape index (κ2) is 9.47. The Kier molecular flexibility index (Phi) is 7.03. The summed E-state index contributed by atoms with van der Waals surface area (Å²) >= 11 is 0. The maximum atomic E-state index is 14.3. The number of hydrogen-bond donors (Lipinski definition) is 1. The number of benzene rings is 2. The standard InChI is InChI=1S/C22H22F3N3O5S/c1-4-33-18(29)12-28-21(22(23,24)25)19(15-7-10-17(32-3)13(2)11-15)20(27-28)14-5-8-16(9-6-14)34(26,30)31/h5-11H,4,12H2,1-3H3,(H2,26,30,31). The zero-order chi connectivity index (χ0) is 25.3. The van der Waals surface area contributed by atoms with Gasteiger partial charge in [-0.3, -0.25) is 4.79 Å². The summed E-state index contributed by atoms with van der Waals surface area (Å²) in [6.07, 6.45) is -4.87. The summed E-state index contributed by atoms with van der Waals surface area (Å²) in [5.41, 5.74) is -0.541. The van der Waals surface area contributed by atoms with Crippen LogP contribution in [0, 0.1) is 6.92 Å². The maximum absolute atomic E-state index is 14.3. The summed E-state index contributed by atoms with van der Waals surface area (Å²) < 4.78 is 76.6. The first-order chi connectivity index (χ1) is 15.9. The number of carbonyl (C=O) groups is 1. The number of alkyl halides is 3. The van der Waals surface area contributed by atoms with Gasteiger partial charge in [-0.2, -0.15) is 18.3 Å². The Bertz CT molecular complexity index is 1320. The molecule has 0 saturated carbocycles. The number of nitrogens with zero attached hydrogens (tertiary/aromatic N) is 2. The Morgan fingerprint density at radius 3 is 2.24 bits per heavy atom. The average Bonchev–Trinajstić information content (AvgIpc) is 3.12. The summed E-state index contributed by atoms with van der Waals surface area (Å²) in [6.45, 7) is 2.45. The van der Waals surface area contributed by atoms with E-state index in [-0.39, 0.29) is 33.9 Å². The molecule has 0 spiro atoms. The van der Waals surface area contributed by atoms with Gasteiger partial charge in [0.15, 0.2) is 5.69 Å². The molecule has 182 valence electrons. The molecule has 0 fully saturated rings. The van der Waals surface area contributed by atoms with Crippen molar-refractivity contribution >= 4 is 16.0 Å². The Morgan fingerprint density at radius 1 is 1.12 bits per heavy atom. The summed E-state index contributed by atoms with van der Waals surface area (Å²) in [5.74, 6) is -0.403. The molecular formula is C22H22F3N3O5S. The van der Waals surface area contributed by atoms with Gasteiger partial charge in [-0.15, -0.1) is 0 Å². The molecule has 0 unspecified atom stereocenters. The SMILES string of the molecule is CCOC(=O)Cn1nc(-c2ccc(S(N)(=O)=O)cc2)c(-c2ccc(OC)c(C)c2)c1C(F)(F)F. The number of aryl methyl sites for hydroxylation is 1. The van der Waals surface area contributed by atoms with Crippen molar-refractivity contribution < 1.29 is 35.9 Å². The predicted octanol–water partition coefficient (Wildman–Crippen LogP) is 3.76. The topological polar surface area (TPSA) is 114 Å². The minimum Gasteiger partial charge on any atom is -0.496 e. The number of esters is 1. The van der Waals surface area contributed by atoms with Crippen LogP contribution >= 0.6 is 0 Å². The van der Waals surface area contributed by atoms with Crippen molar-refractivity contribution in [3.05, 3.63) is 53.7 Å². The first-order valence-corrected chi connectivity index (χ1v) is 11.5. The summed E-state index contributed by atoms with van der Waals surface area (Å²) in [6, 6.07) is 9.45.